The van der Waals surface area contributed by atoms with Crippen LogP contribution in [0.2, 0.25) is 0 Å². The molecule has 4 nitrogen and oxygen atoms in total. The number of rotatable bonds is 1. The van der Waals surface area contributed by atoms with Gasteiger partial charge in [-0.15, -0.1) is 0 Å². The van der Waals surface area contributed by atoms with Crippen LogP contribution in [0.3, 0.4) is 0 Å². The Hall–Kier alpha value is -2.62. The molecule has 0 saturated heterocycles. The summed E-state index contributed by atoms with van der Waals surface area (Å²) in [5.74, 6) is 0.533. The number of aryl methyl sites for hydroxylation is 1. The lowest BCUT2D eigenvalue weighted by molar-refractivity contribution is 0.0943. The van der Waals surface area contributed by atoms with Gasteiger partial charge in [-0.2, -0.15) is 0 Å². The summed E-state index contributed by atoms with van der Waals surface area (Å²) in [6, 6.07) is 15.6. The summed E-state index contributed by atoms with van der Waals surface area (Å²) in [5.41, 5.74) is 9.57. The number of hydrogen-bond donors (Lipinski definition) is 2. The van der Waals surface area contributed by atoms with Crippen LogP contribution in [0, 0.1) is 6.92 Å². The number of hydrogen-bond acceptors (Lipinski definition) is 3. The second-order valence-electron chi connectivity index (χ2n) is 6.55. The summed E-state index contributed by atoms with van der Waals surface area (Å²) in [4.78, 5) is 17.0. The molecule has 1 heterocycles. The van der Waals surface area contributed by atoms with Gasteiger partial charge in [0.1, 0.15) is 5.84 Å². The molecule has 2 aromatic carbocycles. The van der Waals surface area contributed by atoms with Crippen molar-refractivity contribution in [3.05, 3.63) is 70.8 Å². The first kappa shape index (κ1) is 15.3. The lowest BCUT2D eigenvalue weighted by Gasteiger charge is -2.29. The van der Waals surface area contributed by atoms with E-state index < -0.39 is 0 Å². The van der Waals surface area contributed by atoms with E-state index in [0.29, 0.717) is 11.4 Å². The van der Waals surface area contributed by atoms with Crippen molar-refractivity contribution in [3.63, 3.8) is 0 Å². The van der Waals surface area contributed by atoms with Crippen LogP contribution < -0.4 is 10.9 Å². The van der Waals surface area contributed by atoms with Crippen LogP contribution in [0.1, 0.15) is 40.9 Å². The van der Waals surface area contributed by atoms with Crippen LogP contribution in [-0.2, 0) is 6.42 Å². The molecular weight excluding hydrogens is 286 g/mol. The Balaban J connectivity index is 1.77. The maximum atomic E-state index is 12.2. The molecule has 1 aliphatic heterocycles. The van der Waals surface area contributed by atoms with E-state index in [-0.39, 0.29) is 11.4 Å². The fraction of sp³-hybridized carbons (Fsp3) is 0.263. The van der Waals surface area contributed by atoms with Crippen LogP contribution in [0.25, 0.3) is 0 Å². The zero-order chi connectivity index (χ0) is 16.4. The van der Waals surface area contributed by atoms with Gasteiger partial charge in [-0.1, -0.05) is 42.0 Å². The lowest BCUT2D eigenvalue weighted by Crippen LogP contribution is -2.45. The van der Waals surface area contributed by atoms with Gasteiger partial charge < -0.3 is 0 Å². The summed E-state index contributed by atoms with van der Waals surface area (Å²) in [6.07, 6.45) is 0.889. The molecule has 1 aliphatic rings. The van der Waals surface area contributed by atoms with Gasteiger partial charge in [0.15, 0.2) is 0 Å². The predicted molar refractivity (Wildman–Crippen MR) is 92.5 cm³/mol. The molecule has 118 valence electrons. The van der Waals surface area contributed by atoms with Gasteiger partial charge in [-0.05, 0) is 44.9 Å². The Kier molecular flexibility index (Phi) is 3.90. The summed E-state index contributed by atoms with van der Waals surface area (Å²) < 4.78 is 0. The quantitative estimate of drug-likeness (QED) is 0.796. The van der Waals surface area contributed by atoms with Crippen molar-refractivity contribution in [2.75, 3.05) is 0 Å². The molecule has 0 aromatic heterocycles. The number of hydrazine groups is 1. The van der Waals surface area contributed by atoms with Gasteiger partial charge in [0.2, 0.25) is 0 Å². The highest BCUT2D eigenvalue weighted by Gasteiger charge is 2.26. The third-order valence-electron chi connectivity index (χ3n) is 3.92. The molecule has 23 heavy (non-hydrogen) atoms. The number of amides is 1. The van der Waals surface area contributed by atoms with Crippen molar-refractivity contribution in [3.8, 4) is 0 Å². The van der Waals surface area contributed by atoms with E-state index in [1.165, 1.54) is 5.56 Å². The number of aliphatic imine (C=N–C) groups is 1. The van der Waals surface area contributed by atoms with Crippen molar-refractivity contribution >= 4 is 11.7 Å². The Morgan fingerprint density at radius 1 is 1.09 bits per heavy atom. The average molecular weight is 307 g/mol. The van der Waals surface area contributed by atoms with E-state index in [2.05, 4.69) is 30.8 Å². The van der Waals surface area contributed by atoms with Gasteiger partial charge in [0.25, 0.3) is 5.91 Å². The number of benzene rings is 2. The Bertz CT molecular complexity index is 760. The topological polar surface area (TPSA) is 53.5 Å². The monoisotopic (exact) mass is 307 g/mol. The molecule has 0 spiro atoms. The highest BCUT2D eigenvalue weighted by atomic mass is 16.2. The van der Waals surface area contributed by atoms with Crippen LogP contribution in [0.5, 0.6) is 0 Å². The lowest BCUT2D eigenvalue weighted by atomic mass is 9.89. The number of carbonyl (C=O) groups excluding carboxylic acids is 1. The van der Waals surface area contributed by atoms with Gasteiger partial charge >= 0.3 is 0 Å². The summed E-state index contributed by atoms with van der Waals surface area (Å²) >= 11 is 0. The second kappa shape index (κ2) is 5.88. The van der Waals surface area contributed by atoms with E-state index in [0.717, 1.165) is 17.5 Å². The highest BCUT2D eigenvalue weighted by molar-refractivity contribution is 6.03. The fourth-order valence-corrected chi connectivity index (χ4v) is 2.76. The molecule has 2 aromatic rings. The first-order valence-corrected chi connectivity index (χ1v) is 7.76. The van der Waals surface area contributed by atoms with Crippen molar-refractivity contribution in [2.24, 2.45) is 4.99 Å². The molecule has 3 rings (SSSR count). The first-order chi connectivity index (χ1) is 10.9. The molecular formula is C19H21N3O. The number of amidine groups is 1. The Labute approximate surface area is 136 Å². The zero-order valence-corrected chi connectivity index (χ0v) is 13.7. The third-order valence-corrected chi connectivity index (χ3v) is 3.92. The Morgan fingerprint density at radius 2 is 1.78 bits per heavy atom. The molecule has 0 bridgehead atoms. The van der Waals surface area contributed by atoms with Crippen molar-refractivity contribution in [1.82, 2.24) is 10.9 Å². The molecule has 0 atom stereocenters. The average Bonchev–Trinajstić information content (AvgIpc) is 2.52. The molecule has 4 heteroatoms. The minimum Gasteiger partial charge on any atom is -0.281 e. The molecule has 1 amide bonds. The molecule has 0 saturated carbocycles. The maximum absolute atomic E-state index is 12.2. The standard InChI is InChI=1S/C19H21N3O/c1-13-8-10-14(11-9-13)18(23)22-21-17-16-7-5-4-6-15(16)12-19(2,3)20-17/h4-11H,12H2,1-3H3,(H,20,21)(H,22,23). The molecule has 0 aliphatic carbocycles. The van der Waals surface area contributed by atoms with Crippen LogP contribution in [0.15, 0.2) is 53.5 Å². The molecule has 0 fully saturated rings. The van der Waals surface area contributed by atoms with Crippen molar-refractivity contribution in [2.45, 2.75) is 32.7 Å². The van der Waals surface area contributed by atoms with Gasteiger partial charge in [0, 0.05) is 11.1 Å². The SMILES string of the molecule is Cc1ccc(C(=O)NNC2=NC(C)(C)Cc3ccccc32)cc1. The zero-order valence-electron chi connectivity index (χ0n) is 13.7. The van der Waals surface area contributed by atoms with Crippen LogP contribution >= 0.6 is 0 Å². The largest absolute Gasteiger partial charge is 0.281 e. The molecule has 0 unspecified atom stereocenters. The van der Waals surface area contributed by atoms with Crippen molar-refractivity contribution in [1.29, 1.82) is 0 Å². The van der Waals surface area contributed by atoms with E-state index in [1.807, 2.05) is 49.4 Å². The Morgan fingerprint density at radius 3 is 2.52 bits per heavy atom. The van der Waals surface area contributed by atoms with Gasteiger partial charge in [-0.25, -0.2) is 0 Å². The number of nitrogens with one attached hydrogen (secondary N) is 2. The van der Waals surface area contributed by atoms with E-state index in [1.54, 1.807) is 0 Å². The van der Waals surface area contributed by atoms with Gasteiger partial charge in [0.05, 0.1) is 5.54 Å². The predicted octanol–water partition coefficient (Wildman–Crippen LogP) is 3.01. The molecule has 0 radical (unpaired) electrons. The van der Waals surface area contributed by atoms with Crippen molar-refractivity contribution < 1.29 is 4.79 Å². The van der Waals surface area contributed by atoms with Crippen LogP contribution in [-0.4, -0.2) is 17.3 Å². The smallest absolute Gasteiger partial charge is 0.269 e. The fourth-order valence-electron chi connectivity index (χ4n) is 2.76. The normalized spacial score (nSPS) is 15.3. The van der Waals surface area contributed by atoms with Gasteiger partial charge in [-0.3, -0.25) is 20.6 Å². The molecule has 2 N–H and O–H groups in total. The number of fused-ring (bicyclic) bond motifs is 1. The summed E-state index contributed by atoms with van der Waals surface area (Å²) in [6.45, 7) is 6.18. The summed E-state index contributed by atoms with van der Waals surface area (Å²) in [7, 11) is 0. The highest BCUT2D eigenvalue weighted by Crippen LogP contribution is 2.25. The van der Waals surface area contributed by atoms with E-state index >= 15 is 0 Å². The maximum Gasteiger partial charge on any atom is 0.269 e. The van der Waals surface area contributed by atoms with Crippen LogP contribution in [0.4, 0.5) is 0 Å². The first-order valence-electron chi connectivity index (χ1n) is 7.76. The summed E-state index contributed by atoms with van der Waals surface area (Å²) in [5, 5.41) is 0. The minimum atomic E-state index is -0.189. The second-order valence-corrected chi connectivity index (χ2v) is 6.55. The number of carbonyl (C=O) groups is 1. The number of nitrogens with zero attached hydrogens (tertiary/aromatic N) is 1. The minimum absolute atomic E-state index is 0.173. The third kappa shape index (κ3) is 3.42. The van der Waals surface area contributed by atoms with E-state index in [4.69, 9.17) is 4.99 Å². The van der Waals surface area contributed by atoms with E-state index in [9.17, 15) is 4.79 Å².